The summed E-state index contributed by atoms with van der Waals surface area (Å²) >= 11 is 0. The number of benzene rings is 1. The van der Waals surface area contributed by atoms with Crippen LogP contribution in [0.5, 0.6) is 11.5 Å². The van der Waals surface area contributed by atoms with Crippen LogP contribution < -0.4 is 9.47 Å². The van der Waals surface area contributed by atoms with Crippen molar-refractivity contribution in [3.05, 3.63) is 53.6 Å². The first-order chi connectivity index (χ1) is 13.2. The van der Waals surface area contributed by atoms with Gasteiger partial charge >= 0.3 is 0 Å². The maximum Gasteiger partial charge on any atom is 0.164 e. The van der Waals surface area contributed by atoms with E-state index in [0.29, 0.717) is 49.9 Å². The molecule has 0 spiro atoms. The lowest BCUT2D eigenvalue weighted by Crippen LogP contribution is -2.10. The van der Waals surface area contributed by atoms with Gasteiger partial charge in [-0.05, 0) is 29.3 Å². The minimum atomic E-state index is -0.343. The highest BCUT2D eigenvalue weighted by Crippen LogP contribution is 2.32. The summed E-state index contributed by atoms with van der Waals surface area (Å²) in [6, 6.07) is 6.86. The molecule has 0 bridgehead atoms. The Hall–Kier alpha value is -2.64. The first-order valence-corrected chi connectivity index (χ1v) is 8.69. The zero-order valence-corrected chi connectivity index (χ0v) is 15.5. The fraction of sp³-hybridized carbons (Fsp3) is 0.350. The van der Waals surface area contributed by atoms with Crippen molar-refractivity contribution >= 4 is 11.0 Å². The number of halogens is 1. The average molecular weight is 374 g/mol. The Morgan fingerprint density at radius 1 is 1.04 bits per heavy atom. The van der Waals surface area contributed by atoms with Crippen molar-refractivity contribution in [3.8, 4) is 11.5 Å². The topological polar surface area (TPSA) is 65.6 Å². The molecule has 27 heavy (non-hydrogen) atoms. The van der Waals surface area contributed by atoms with E-state index >= 15 is 0 Å². The Kier molecular flexibility index (Phi) is 6.62. The molecule has 0 amide bonds. The van der Waals surface area contributed by atoms with Crippen molar-refractivity contribution in [2.24, 2.45) is 0 Å². The molecule has 0 atom stereocenters. The first kappa shape index (κ1) is 19.1. The summed E-state index contributed by atoms with van der Waals surface area (Å²) in [7, 11) is 3.15. The molecular formula is C20H23FN2O4. The van der Waals surface area contributed by atoms with E-state index in [4.69, 9.17) is 18.9 Å². The van der Waals surface area contributed by atoms with Gasteiger partial charge in [0, 0.05) is 37.4 Å². The molecule has 7 heteroatoms. The molecule has 0 aliphatic carbocycles. The summed E-state index contributed by atoms with van der Waals surface area (Å²) in [5, 5.41) is 0.976. The Labute approximate surface area is 157 Å². The van der Waals surface area contributed by atoms with Gasteiger partial charge in [0.05, 0.1) is 26.9 Å². The fourth-order valence-electron chi connectivity index (χ4n) is 2.80. The molecule has 144 valence electrons. The molecule has 2 aromatic heterocycles. The predicted octanol–water partition coefficient (Wildman–Crippen LogP) is 3.34. The molecule has 0 fully saturated rings. The maximum atomic E-state index is 14.6. The van der Waals surface area contributed by atoms with Gasteiger partial charge < -0.3 is 23.9 Å². The lowest BCUT2D eigenvalue weighted by molar-refractivity contribution is 0.0539. The number of pyridine rings is 1. The Morgan fingerprint density at radius 2 is 1.89 bits per heavy atom. The monoisotopic (exact) mass is 374 g/mol. The molecule has 0 unspecified atom stereocenters. The summed E-state index contributed by atoms with van der Waals surface area (Å²) in [5.74, 6) is 0.500. The van der Waals surface area contributed by atoms with Crippen LogP contribution in [0, 0.1) is 5.82 Å². The standard InChI is InChI=1S/C20H23FN2O4/c1-24-6-7-26-8-9-27-19-12-17(21)14(11-18(19)25-2)10-15-13-23-20-16(15)4-3-5-22-20/h3-5,11-13H,6-10H2,1-2H3,(H,22,23). The predicted molar refractivity (Wildman–Crippen MR) is 100 cm³/mol. The Balaban J connectivity index is 1.70. The molecule has 0 aliphatic heterocycles. The smallest absolute Gasteiger partial charge is 0.164 e. The minimum absolute atomic E-state index is 0.299. The van der Waals surface area contributed by atoms with Crippen LogP contribution in [0.4, 0.5) is 4.39 Å². The highest BCUT2D eigenvalue weighted by molar-refractivity contribution is 5.79. The molecule has 6 nitrogen and oxygen atoms in total. The molecule has 2 heterocycles. The minimum Gasteiger partial charge on any atom is -0.493 e. The number of nitrogens with zero attached hydrogens (tertiary/aromatic N) is 1. The third-order valence-corrected chi connectivity index (χ3v) is 4.17. The van der Waals surface area contributed by atoms with Crippen LogP contribution >= 0.6 is 0 Å². The van der Waals surface area contributed by atoms with Gasteiger partial charge in [-0.3, -0.25) is 0 Å². The number of fused-ring (bicyclic) bond motifs is 1. The van der Waals surface area contributed by atoms with E-state index < -0.39 is 0 Å². The van der Waals surface area contributed by atoms with Crippen molar-refractivity contribution in [2.45, 2.75) is 6.42 Å². The quantitative estimate of drug-likeness (QED) is 0.552. The molecule has 0 saturated heterocycles. The third kappa shape index (κ3) is 4.75. The lowest BCUT2D eigenvalue weighted by Gasteiger charge is -2.13. The number of rotatable bonds is 10. The number of aromatic nitrogens is 2. The molecule has 1 aromatic carbocycles. The highest BCUT2D eigenvalue weighted by atomic mass is 19.1. The Bertz CT molecular complexity index is 882. The van der Waals surface area contributed by atoms with Crippen molar-refractivity contribution in [3.63, 3.8) is 0 Å². The summed E-state index contributed by atoms with van der Waals surface area (Å²) in [6.07, 6.45) is 4.00. The number of aromatic amines is 1. The van der Waals surface area contributed by atoms with E-state index in [1.54, 1.807) is 19.4 Å². The van der Waals surface area contributed by atoms with E-state index in [0.717, 1.165) is 16.6 Å². The van der Waals surface area contributed by atoms with Crippen LogP contribution in [0.15, 0.2) is 36.7 Å². The average Bonchev–Trinajstić information content (AvgIpc) is 3.09. The van der Waals surface area contributed by atoms with Gasteiger partial charge in [0.25, 0.3) is 0 Å². The van der Waals surface area contributed by atoms with Gasteiger partial charge in [-0.25, -0.2) is 9.37 Å². The van der Waals surface area contributed by atoms with Crippen molar-refractivity contribution in [1.82, 2.24) is 9.97 Å². The summed E-state index contributed by atoms with van der Waals surface area (Å²) in [4.78, 5) is 7.36. The molecular weight excluding hydrogens is 351 g/mol. The summed E-state index contributed by atoms with van der Waals surface area (Å²) in [6.45, 7) is 1.70. The second-order valence-corrected chi connectivity index (χ2v) is 5.94. The summed E-state index contributed by atoms with van der Waals surface area (Å²) < 4.78 is 35.8. The first-order valence-electron chi connectivity index (χ1n) is 8.69. The number of methoxy groups -OCH3 is 2. The van der Waals surface area contributed by atoms with E-state index in [1.165, 1.54) is 13.2 Å². The van der Waals surface area contributed by atoms with Gasteiger partial charge in [0.15, 0.2) is 11.5 Å². The van der Waals surface area contributed by atoms with Crippen LogP contribution in [-0.4, -0.2) is 50.6 Å². The number of ether oxygens (including phenoxy) is 4. The molecule has 1 N–H and O–H groups in total. The second kappa shape index (κ2) is 9.34. The van der Waals surface area contributed by atoms with E-state index in [-0.39, 0.29) is 5.82 Å². The highest BCUT2D eigenvalue weighted by Gasteiger charge is 2.14. The molecule has 3 rings (SSSR count). The van der Waals surface area contributed by atoms with Crippen LogP contribution in [-0.2, 0) is 15.9 Å². The van der Waals surface area contributed by atoms with E-state index in [2.05, 4.69) is 9.97 Å². The van der Waals surface area contributed by atoms with Crippen LogP contribution in [0.3, 0.4) is 0 Å². The maximum absolute atomic E-state index is 14.6. The van der Waals surface area contributed by atoms with E-state index in [1.807, 2.05) is 18.3 Å². The number of H-pyrrole nitrogens is 1. The second-order valence-electron chi connectivity index (χ2n) is 5.94. The van der Waals surface area contributed by atoms with Gasteiger partial charge in [0.1, 0.15) is 18.1 Å². The fourth-order valence-corrected chi connectivity index (χ4v) is 2.80. The third-order valence-electron chi connectivity index (χ3n) is 4.17. The normalized spacial score (nSPS) is 11.1. The zero-order chi connectivity index (χ0) is 19.1. The molecule has 0 aliphatic rings. The number of hydrogen-bond acceptors (Lipinski definition) is 5. The molecule has 3 aromatic rings. The SMILES string of the molecule is COCCOCCOc1cc(F)c(Cc2c[nH]c3ncccc23)cc1OC. The van der Waals surface area contributed by atoms with Gasteiger partial charge in [-0.2, -0.15) is 0 Å². The molecule has 0 saturated carbocycles. The summed E-state index contributed by atoms with van der Waals surface area (Å²) in [5.41, 5.74) is 2.29. The van der Waals surface area contributed by atoms with Crippen molar-refractivity contribution in [1.29, 1.82) is 0 Å². The van der Waals surface area contributed by atoms with Crippen LogP contribution in [0.25, 0.3) is 11.0 Å². The zero-order valence-electron chi connectivity index (χ0n) is 15.5. The number of nitrogens with one attached hydrogen (secondary N) is 1. The van der Waals surface area contributed by atoms with E-state index in [9.17, 15) is 4.39 Å². The van der Waals surface area contributed by atoms with Gasteiger partial charge in [-0.1, -0.05) is 0 Å². The molecule has 0 radical (unpaired) electrons. The number of hydrogen-bond donors (Lipinski definition) is 1. The van der Waals surface area contributed by atoms with Gasteiger partial charge in [-0.15, -0.1) is 0 Å². The van der Waals surface area contributed by atoms with Crippen molar-refractivity contribution < 1.29 is 23.3 Å². The van der Waals surface area contributed by atoms with Crippen LogP contribution in [0.1, 0.15) is 11.1 Å². The largest absolute Gasteiger partial charge is 0.493 e. The van der Waals surface area contributed by atoms with Gasteiger partial charge in [0.2, 0.25) is 0 Å². The van der Waals surface area contributed by atoms with Crippen molar-refractivity contribution in [2.75, 3.05) is 40.6 Å². The lowest BCUT2D eigenvalue weighted by atomic mass is 10.0. The Morgan fingerprint density at radius 3 is 2.70 bits per heavy atom. The van der Waals surface area contributed by atoms with Crippen LogP contribution in [0.2, 0.25) is 0 Å².